The zero-order valence-electron chi connectivity index (χ0n) is 19.2. The minimum absolute atomic E-state index is 0.0488. The van der Waals surface area contributed by atoms with E-state index >= 15 is 0 Å². The predicted molar refractivity (Wildman–Crippen MR) is 134 cm³/mol. The van der Waals surface area contributed by atoms with Gasteiger partial charge in [0.25, 0.3) is 5.91 Å². The lowest BCUT2D eigenvalue weighted by atomic mass is 10.1. The van der Waals surface area contributed by atoms with Crippen molar-refractivity contribution in [3.8, 4) is 5.75 Å². The van der Waals surface area contributed by atoms with Gasteiger partial charge in [-0.2, -0.15) is 0 Å². The maximum atomic E-state index is 13.2. The largest absolute Gasteiger partial charge is 0.497 e. The zero-order valence-corrected chi connectivity index (χ0v) is 20.0. The fourth-order valence-corrected chi connectivity index (χ4v) is 4.86. The van der Waals surface area contributed by atoms with E-state index < -0.39 is 0 Å². The minimum Gasteiger partial charge on any atom is -0.497 e. The summed E-state index contributed by atoms with van der Waals surface area (Å²) < 4.78 is 18.2. The van der Waals surface area contributed by atoms with E-state index in [-0.39, 0.29) is 23.7 Å². The molecule has 0 bridgehead atoms. The van der Waals surface area contributed by atoms with Gasteiger partial charge in [-0.1, -0.05) is 24.3 Å². The Bertz CT molecular complexity index is 1170. The molecule has 0 saturated heterocycles. The number of halogens is 1. The molecular formula is C27H27FN2O3S. The highest BCUT2D eigenvalue weighted by Crippen LogP contribution is 2.34. The van der Waals surface area contributed by atoms with E-state index in [9.17, 15) is 14.0 Å². The van der Waals surface area contributed by atoms with Gasteiger partial charge in [-0.05, 0) is 72.5 Å². The number of hydrogen-bond acceptors (Lipinski definition) is 4. The summed E-state index contributed by atoms with van der Waals surface area (Å²) in [6.45, 7) is 2.43. The van der Waals surface area contributed by atoms with Crippen LogP contribution in [-0.4, -0.2) is 30.7 Å². The molecule has 5 nitrogen and oxygen atoms in total. The van der Waals surface area contributed by atoms with Gasteiger partial charge in [0.15, 0.2) is 0 Å². The van der Waals surface area contributed by atoms with Crippen LogP contribution in [0.5, 0.6) is 5.75 Å². The molecule has 0 spiro atoms. The molecule has 1 N–H and O–H groups in total. The standard InChI is InChI=1S/C27H27FN2O3S/c1-18-13-22-6-3-20(15-29-26(31)17-34-16-19-4-9-23(28)10-5-19)14-25(22)30(18)27(32)21-7-11-24(33-2)12-8-21/h3-12,14,18H,13,15-17H2,1-2H3,(H,29,31). The highest BCUT2D eigenvalue weighted by molar-refractivity contribution is 7.99. The Hall–Kier alpha value is -3.32. The van der Waals surface area contributed by atoms with E-state index in [1.165, 1.54) is 23.9 Å². The van der Waals surface area contributed by atoms with Crippen LogP contribution in [0.2, 0.25) is 0 Å². The second-order valence-electron chi connectivity index (χ2n) is 8.32. The first kappa shape index (κ1) is 23.8. The Balaban J connectivity index is 1.35. The second-order valence-corrected chi connectivity index (χ2v) is 9.30. The highest BCUT2D eigenvalue weighted by atomic mass is 32.2. The van der Waals surface area contributed by atoms with Gasteiger partial charge in [0.05, 0.1) is 12.9 Å². The van der Waals surface area contributed by atoms with Gasteiger partial charge in [-0.15, -0.1) is 11.8 Å². The Morgan fingerprint density at radius 2 is 1.76 bits per heavy atom. The monoisotopic (exact) mass is 478 g/mol. The van der Waals surface area contributed by atoms with Crippen LogP contribution >= 0.6 is 11.8 Å². The Morgan fingerprint density at radius 1 is 1.06 bits per heavy atom. The van der Waals surface area contributed by atoms with E-state index in [1.54, 1.807) is 43.5 Å². The number of anilines is 1. The average Bonchev–Trinajstić information content (AvgIpc) is 3.18. The molecule has 176 valence electrons. The Morgan fingerprint density at radius 3 is 2.47 bits per heavy atom. The Labute approximate surface area is 203 Å². The first-order valence-corrected chi connectivity index (χ1v) is 12.3. The first-order valence-electron chi connectivity index (χ1n) is 11.1. The van der Waals surface area contributed by atoms with Crippen LogP contribution in [0.3, 0.4) is 0 Å². The van der Waals surface area contributed by atoms with Gasteiger partial charge >= 0.3 is 0 Å². The van der Waals surface area contributed by atoms with Crippen molar-refractivity contribution in [1.82, 2.24) is 5.32 Å². The summed E-state index contributed by atoms with van der Waals surface area (Å²) in [6.07, 6.45) is 0.796. The number of nitrogens with zero attached hydrogens (tertiary/aromatic N) is 1. The average molecular weight is 479 g/mol. The first-order chi connectivity index (χ1) is 16.4. The van der Waals surface area contributed by atoms with E-state index in [1.807, 2.05) is 30.0 Å². The number of methoxy groups -OCH3 is 1. The molecule has 1 atom stereocenters. The molecule has 3 aromatic carbocycles. The highest BCUT2D eigenvalue weighted by Gasteiger charge is 2.31. The summed E-state index contributed by atoms with van der Waals surface area (Å²) >= 11 is 1.48. The minimum atomic E-state index is -0.264. The van der Waals surface area contributed by atoms with Crippen LogP contribution in [0.1, 0.15) is 34.0 Å². The van der Waals surface area contributed by atoms with Crippen LogP contribution in [0.25, 0.3) is 0 Å². The molecule has 34 heavy (non-hydrogen) atoms. The second kappa shape index (κ2) is 10.7. The third-order valence-electron chi connectivity index (χ3n) is 5.83. The number of ether oxygens (including phenoxy) is 1. The molecule has 1 aliphatic heterocycles. The lowest BCUT2D eigenvalue weighted by molar-refractivity contribution is -0.118. The maximum absolute atomic E-state index is 13.2. The van der Waals surface area contributed by atoms with E-state index in [0.717, 1.165) is 28.8 Å². The number of hydrogen-bond donors (Lipinski definition) is 1. The molecule has 4 rings (SSSR count). The summed E-state index contributed by atoms with van der Waals surface area (Å²) in [5.74, 6) is 1.30. The Kier molecular flexibility index (Phi) is 7.53. The zero-order chi connectivity index (χ0) is 24.1. The van der Waals surface area contributed by atoms with Crippen molar-refractivity contribution in [1.29, 1.82) is 0 Å². The normalized spacial score (nSPS) is 14.6. The molecular weight excluding hydrogens is 451 g/mol. The molecule has 3 aromatic rings. The summed E-state index contributed by atoms with van der Waals surface area (Å²) in [5, 5.41) is 2.95. The van der Waals surface area contributed by atoms with Gasteiger partial charge < -0.3 is 15.0 Å². The smallest absolute Gasteiger partial charge is 0.258 e. The quantitative estimate of drug-likeness (QED) is 0.496. The molecule has 0 aromatic heterocycles. The number of benzene rings is 3. The lowest BCUT2D eigenvalue weighted by Gasteiger charge is -2.23. The number of carbonyl (C=O) groups excluding carboxylic acids is 2. The van der Waals surface area contributed by atoms with E-state index in [0.29, 0.717) is 29.4 Å². The molecule has 2 amide bonds. The maximum Gasteiger partial charge on any atom is 0.258 e. The van der Waals surface area contributed by atoms with Crippen molar-refractivity contribution in [2.45, 2.75) is 31.7 Å². The third kappa shape index (κ3) is 5.59. The summed E-state index contributed by atoms with van der Waals surface area (Å²) in [4.78, 5) is 27.4. The number of carbonyl (C=O) groups is 2. The fourth-order valence-electron chi connectivity index (χ4n) is 4.04. The molecule has 1 heterocycles. The van der Waals surface area contributed by atoms with Gasteiger partial charge in [0, 0.05) is 29.6 Å². The summed E-state index contributed by atoms with van der Waals surface area (Å²) in [7, 11) is 1.60. The number of amides is 2. The van der Waals surface area contributed by atoms with Crippen LogP contribution in [0.4, 0.5) is 10.1 Å². The lowest BCUT2D eigenvalue weighted by Crippen LogP contribution is -2.35. The van der Waals surface area contributed by atoms with Crippen molar-refractivity contribution in [2.24, 2.45) is 0 Å². The molecule has 1 aliphatic rings. The fraction of sp³-hybridized carbons (Fsp3) is 0.259. The SMILES string of the molecule is COc1ccc(C(=O)N2c3cc(CNC(=O)CSCc4ccc(F)cc4)ccc3CC2C)cc1. The number of thioether (sulfide) groups is 1. The number of fused-ring (bicyclic) bond motifs is 1. The van der Waals surface area contributed by atoms with Crippen molar-refractivity contribution in [3.05, 3.63) is 94.8 Å². The summed E-state index contributed by atoms with van der Waals surface area (Å²) in [6, 6.07) is 19.5. The topological polar surface area (TPSA) is 58.6 Å². The van der Waals surface area contributed by atoms with Crippen molar-refractivity contribution < 1.29 is 18.7 Å². The molecule has 7 heteroatoms. The van der Waals surface area contributed by atoms with Gasteiger partial charge in [-0.3, -0.25) is 9.59 Å². The summed E-state index contributed by atoms with van der Waals surface area (Å²) in [5.41, 5.74) is 4.55. The van der Waals surface area contributed by atoms with Crippen LogP contribution in [0.15, 0.2) is 66.7 Å². The van der Waals surface area contributed by atoms with Gasteiger partial charge in [-0.25, -0.2) is 4.39 Å². The van der Waals surface area contributed by atoms with Crippen LogP contribution in [0, 0.1) is 5.82 Å². The van der Waals surface area contributed by atoms with Crippen molar-refractivity contribution in [2.75, 3.05) is 17.8 Å². The van der Waals surface area contributed by atoms with Crippen LogP contribution < -0.4 is 15.0 Å². The van der Waals surface area contributed by atoms with Crippen LogP contribution in [-0.2, 0) is 23.5 Å². The molecule has 0 fully saturated rings. The van der Waals surface area contributed by atoms with Crippen molar-refractivity contribution in [3.63, 3.8) is 0 Å². The van der Waals surface area contributed by atoms with Gasteiger partial charge in [0.2, 0.25) is 5.91 Å². The van der Waals surface area contributed by atoms with E-state index in [2.05, 4.69) is 5.32 Å². The molecule has 0 saturated carbocycles. The van der Waals surface area contributed by atoms with E-state index in [4.69, 9.17) is 4.74 Å². The number of rotatable bonds is 8. The molecule has 0 radical (unpaired) electrons. The van der Waals surface area contributed by atoms with Crippen molar-refractivity contribution >= 4 is 29.3 Å². The predicted octanol–water partition coefficient (Wildman–Crippen LogP) is 4.98. The molecule has 1 unspecified atom stereocenters. The van der Waals surface area contributed by atoms with Gasteiger partial charge in [0.1, 0.15) is 11.6 Å². The number of nitrogens with one attached hydrogen (secondary N) is 1. The third-order valence-corrected chi connectivity index (χ3v) is 6.83. The molecule has 0 aliphatic carbocycles.